The largest absolute Gasteiger partial charge is 0.396 e. The molecule has 1 aliphatic carbocycles. The van der Waals surface area contributed by atoms with Crippen LogP contribution in [0, 0.1) is 0 Å². The van der Waals surface area contributed by atoms with Crippen molar-refractivity contribution in [1.82, 2.24) is 0 Å². The number of nitrogens with two attached hydrogens (primary N) is 2. The number of ketones is 2. The zero-order valence-electron chi connectivity index (χ0n) is 13.0. The predicted molar refractivity (Wildman–Crippen MR) is 91.1 cm³/mol. The topological polar surface area (TPSA) is 98.2 Å². The van der Waals surface area contributed by atoms with Crippen molar-refractivity contribution in [2.45, 2.75) is 12.8 Å². The molecule has 3 rings (SSSR count). The molecule has 0 aliphatic heterocycles. The lowest BCUT2D eigenvalue weighted by molar-refractivity contribution is 0.0979. The Balaban J connectivity index is 2.29. The van der Waals surface area contributed by atoms with Crippen molar-refractivity contribution in [3.05, 3.63) is 58.1 Å². The van der Waals surface area contributed by atoms with Gasteiger partial charge in [-0.2, -0.15) is 0 Å². The normalized spacial score (nSPS) is 12.8. The van der Waals surface area contributed by atoms with Gasteiger partial charge in [0.1, 0.15) is 0 Å². The number of rotatable bonds is 4. The van der Waals surface area contributed by atoms with E-state index >= 15 is 0 Å². The second kappa shape index (κ2) is 5.85. The molecule has 2 aromatic carbocycles. The van der Waals surface area contributed by atoms with Crippen LogP contribution in [-0.4, -0.2) is 25.2 Å². The van der Waals surface area contributed by atoms with E-state index in [0.29, 0.717) is 46.6 Å². The Kier molecular flexibility index (Phi) is 3.88. The van der Waals surface area contributed by atoms with Gasteiger partial charge >= 0.3 is 0 Å². The van der Waals surface area contributed by atoms with Crippen LogP contribution in [0.1, 0.15) is 43.8 Å². The molecule has 118 valence electrons. The Morgan fingerprint density at radius 2 is 1.65 bits per heavy atom. The van der Waals surface area contributed by atoms with Gasteiger partial charge in [0, 0.05) is 23.7 Å². The van der Waals surface area contributed by atoms with Crippen molar-refractivity contribution < 1.29 is 9.59 Å². The molecule has 0 aromatic heterocycles. The molecule has 5 heteroatoms. The molecule has 0 atom stereocenters. The first kappa shape index (κ1) is 15.2. The van der Waals surface area contributed by atoms with Crippen molar-refractivity contribution in [1.29, 1.82) is 0 Å². The summed E-state index contributed by atoms with van der Waals surface area (Å²) in [5, 5.41) is 3.00. The number of carbonyl (C=O) groups excluding carboxylic acids is 2. The zero-order valence-corrected chi connectivity index (χ0v) is 13.0. The standard InChI is InChI=1S/C18H19N3O2/c1-21-13-9-10(5-4-8-19)14-15(16(13)20)18(23)12-7-3-2-6-11(12)17(14)22/h2-3,6-7,9,21H,4-5,8,19-20H2,1H3. The number of hydrogen-bond acceptors (Lipinski definition) is 5. The van der Waals surface area contributed by atoms with Crippen molar-refractivity contribution in [2.75, 3.05) is 24.6 Å². The molecule has 5 nitrogen and oxygen atoms in total. The fourth-order valence-electron chi connectivity index (χ4n) is 3.09. The SMILES string of the molecule is CNc1cc(CCCN)c2c(c1N)C(=O)c1ccccc1C2=O. The van der Waals surface area contributed by atoms with Crippen molar-refractivity contribution in [3.63, 3.8) is 0 Å². The highest BCUT2D eigenvalue weighted by Crippen LogP contribution is 2.37. The first-order chi connectivity index (χ1) is 11.1. The van der Waals surface area contributed by atoms with Crippen molar-refractivity contribution in [3.8, 4) is 0 Å². The summed E-state index contributed by atoms with van der Waals surface area (Å²) in [4.78, 5) is 25.8. The van der Waals surface area contributed by atoms with Gasteiger partial charge in [-0.05, 0) is 31.0 Å². The third kappa shape index (κ3) is 2.29. The number of benzene rings is 2. The average molecular weight is 309 g/mol. The Morgan fingerprint density at radius 3 is 2.22 bits per heavy atom. The van der Waals surface area contributed by atoms with E-state index in [1.165, 1.54) is 0 Å². The van der Waals surface area contributed by atoms with Crippen LogP contribution in [0.3, 0.4) is 0 Å². The lowest BCUT2D eigenvalue weighted by atomic mass is 9.79. The molecular weight excluding hydrogens is 290 g/mol. The number of anilines is 2. The Morgan fingerprint density at radius 1 is 1.04 bits per heavy atom. The summed E-state index contributed by atoms with van der Waals surface area (Å²) in [6.45, 7) is 0.521. The maximum absolute atomic E-state index is 12.9. The van der Waals surface area contributed by atoms with E-state index in [1.807, 2.05) is 6.07 Å². The van der Waals surface area contributed by atoms with Crippen molar-refractivity contribution >= 4 is 22.9 Å². The summed E-state index contributed by atoms with van der Waals surface area (Å²) >= 11 is 0. The molecule has 0 unspecified atom stereocenters. The van der Waals surface area contributed by atoms with Crippen molar-refractivity contribution in [2.24, 2.45) is 5.73 Å². The fraction of sp³-hybridized carbons (Fsp3) is 0.222. The van der Waals surface area contributed by atoms with Crippen LogP contribution in [0.15, 0.2) is 30.3 Å². The minimum atomic E-state index is -0.196. The number of aryl methyl sites for hydroxylation is 1. The van der Waals surface area contributed by atoms with Gasteiger partial charge in [-0.25, -0.2) is 0 Å². The zero-order chi connectivity index (χ0) is 16.6. The number of hydrogen-bond donors (Lipinski definition) is 3. The van der Waals surface area contributed by atoms with E-state index in [0.717, 1.165) is 12.0 Å². The third-order valence-corrected chi connectivity index (χ3v) is 4.24. The van der Waals surface area contributed by atoms with Gasteiger partial charge in [0.05, 0.1) is 16.9 Å². The summed E-state index contributed by atoms with van der Waals surface area (Å²) in [5.74, 6) is -0.338. The lowest BCUT2D eigenvalue weighted by Crippen LogP contribution is -2.25. The molecular formula is C18H19N3O2. The Hall–Kier alpha value is -2.66. The Labute approximate surface area is 134 Å². The van der Waals surface area contributed by atoms with Crippen LogP contribution < -0.4 is 16.8 Å². The molecule has 0 radical (unpaired) electrons. The van der Waals surface area contributed by atoms with E-state index in [-0.39, 0.29) is 11.6 Å². The maximum atomic E-state index is 12.9. The van der Waals surface area contributed by atoms with E-state index in [4.69, 9.17) is 11.5 Å². The van der Waals surface area contributed by atoms with E-state index in [1.54, 1.807) is 31.3 Å². The minimum absolute atomic E-state index is 0.142. The molecule has 0 heterocycles. The first-order valence-electron chi connectivity index (χ1n) is 7.61. The molecule has 0 fully saturated rings. The number of carbonyl (C=O) groups is 2. The van der Waals surface area contributed by atoms with Crippen LogP contribution in [0.25, 0.3) is 0 Å². The number of fused-ring (bicyclic) bond motifs is 2. The van der Waals surface area contributed by atoms with Gasteiger partial charge in [-0.3, -0.25) is 9.59 Å². The van der Waals surface area contributed by atoms with Crippen LogP contribution >= 0.6 is 0 Å². The fourth-order valence-corrected chi connectivity index (χ4v) is 3.09. The third-order valence-electron chi connectivity index (χ3n) is 4.24. The molecule has 5 N–H and O–H groups in total. The number of nitrogens with one attached hydrogen (secondary N) is 1. The van der Waals surface area contributed by atoms with Crippen LogP contribution in [-0.2, 0) is 6.42 Å². The summed E-state index contributed by atoms with van der Waals surface area (Å²) in [7, 11) is 1.74. The van der Waals surface area contributed by atoms with Crippen LogP contribution in [0.2, 0.25) is 0 Å². The van der Waals surface area contributed by atoms with Gasteiger partial charge in [-0.15, -0.1) is 0 Å². The van der Waals surface area contributed by atoms with Gasteiger partial charge < -0.3 is 16.8 Å². The lowest BCUT2D eigenvalue weighted by Gasteiger charge is -2.23. The highest BCUT2D eigenvalue weighted by Gasteiger charge is 2.34. The predicted octanol–water partition coefficient (Wildman–Crippen LogP) is 1.98. The Bertz CT molecular complexity index is 812. The second-order valence-electron chi connectivity index (χ2n) is 5.59. The molecule has 0 saturated carbocycles. The molecule has 0 spiro atoms. The summed E-state index contributed by atoms with van der Waals surface area (Å²) in [6.07, 6.45) is 1.37. The summed E-state index contributed by atoms with van der Waals surface area (Å²) in [5.41, 5.74) is 15.2. The van der Waals surface area contributed by atoms with E-state index in [2.05, 4.69) is 5.32 Å². The number of nitrogen functional groups attached to an aromatic ring is 1. The van der Waals surface area contributed by atoms with Gasteiger partial charge in [-0.1, -0.05) is 24.3 Å². The molecule has 0 bridgehead atoms. The highest BCUT2D eigenvalue weighted by atomic mass is 16.1. The second-order valence-corrected chi connectivity index (χ2v) is 5.59. The monoisotopic (exact) mass is 309 g/mol. The highest BCUT2D eigenvalue weighted by molar-refractivity contribution is 6.31. The molecule has 0 amide bonds. The van der Waals surface area contributed by atoms with Gasteiger partial charge in [0.15, 0.2) is 11.6 Å². The molecule has 2 aromatic rings. The van der Waals surface area contributed by atoms with E-state index in [9.17, 15) is 9.59 Å². The summed E-state index contributed by atoms with van der Waals surface area (Å²) < 4.78 is 0. The minimum Gasteiger partial charge on any atom is -0.396 e. The van der Waals surface area contributed by atoms with Crippen LogP contribution in [0.4, 0.5) is 11.4 Å². The first-order valence-corrected chi connectivity index (χ1v) is 7.61. The molecule has 0 saturated heterocycles. The average Bonchev–Trinajstić information content (AvgIpc) is 2.58. The van der Waals surface area contributed by atoms with Gasteiger partial charge in [0.25, 0.3) is 0 Å². The molecule has 23 heavy (non-hydrogen) atoms. The summed E-state index contributed by atoms with van der Waals surface area (Å²) in [6, 6.07) is 8.72. The quantitative estimate of drug-likeness (QED) is 0.640. The van der Waals surface area contributed by atoms with Gasteiger partial charge in [0.2, 0.25) is 0 Å². The molecule has 1 aliphatic rings. The smallest absolute Gasteiger partial charge is 0.196 e. The van der Waals surface area contributed by atoms with Crippen LogP contribution in [0.5, 0.6) is 0 Å². The maximum Gasteiger partial charge on any atom is 0.196 e. The van der Waals surface area contributed by atoms with E-state index < -0.39 is 0 Å².